The topological polar surface area (TPSA) is 182 Å². The molecular weight excluding hydrogens is 666 g/mol. The number of esters is 1. The Bertz CT molecular complexity index is 1590. The molecule has 1 fully saturated rings. The summed E-state index contributed by atoms with van der Waals surface area (Å²) in [7, 11) is 1.11. The van der Waals surface area contributed by atoms with Crippen molar-refractivity contribution in [3.05, 3.63) is 74.3 Å². The number of β-lactam (4-membered cyclic amide) rings is 1. The maximum Gasteiger partial charge on any atom is 0.471 e. The number of amides is 3. The van der Waals surface area contributed by atoms with E-state index in [4.69, 9.17) is 4.74 Å². The van der Waals surface area contributed by atoms with Crippen LogP contribution in [-0.4, -0.2) is 80.4 Å². The molecule has 2 atom stereocenters. The molecule has 0 radical (unpaired) electrons. The van der Waals surface area contributed by atoms with Crippen LogP contribution in [0, 0.1) is 10.1 Å². The molecule has 3 heterocycles. The zero-order valence-electron chi connectivity index (χ0n) is 22.9. The summed E-state index contributed by atoms with van der Waals surface area (Å²) >= 11 is 3.17. The molecule has 2 aliphatic rings. The monoisotopic (exact) mass is 686 g/mol. The van der Waals surface area contributed by atoms with Crippen LogP contribution in [0.25, 0.3) is 0 Å². The first-order valence-electron chi connectivity index (χ1n) is 12.4. The quantitative estimate of drug-likeness (QED) is 0.110. The molecule has 0 bridgehead atoms. The van der Waals surface area contributed by atoms with Crippen molar-refractivity contribution >= 4 is 75.1 Å². The second kappa shape index (κ2) is 14.1. The number of nitrogens with one attached hydrogen (secondary N) is 2. The van der Waals surface area contributed by atoms with Gasteiger partial charge in [0.15, 0.2) is 10.8 Å². The summed E-state index contributed by atoms with van der Waals surface area (Å²) in [6.07, 6.45) is -5.16. The highest BCUT2D eigenvalue weighted by Crippen LogP contribution is 2.41. The van der Waals surface area contributed by atoms with Gasteiger partial charge < -0.3 is 14.9 Å². The Balaban J connectivity index is 1.47. The van der Waals surface area contributed by atoms with E-state index in [9.17, 15) is 42.5 Å². The van der Waals surface area contributed by atoms with Gasteiger partial charge in [0.1, 0.15) is 36.5 Å². The summed E-state index contributed by atoms with van der Waals surface area (Å²) in [5.74, 6) is -4.03. The van der Waals surface area contributed by atoms with Gasteiger partial charge in [0, 0.05) is 29.0 Å². The fourth-order valence-corrected chi connectivity index (χ4v) is 6.71. The molecule has 1 aromatic carbocycles. The Morgan fingerprint density at radius 2 is 2.02 bits per heavy atom. The number of ether oxygens (including phenoxy) is 1. The van der Waals surface area contributed by atoms with Gasteiger partial charge in [-0.2, -0.15) is 13.2 Å². The van der Waals surface area contributed by atoms with Crippen LogP contribution >= 0.6 is 34.9 Å². The van der Waals surface area contributed by atoms with E-state index in [1.807, 2.05) is 0 Å². The molecule has 2 aliphatic heterocycles. The van der Waals surface area contributed by atoms with Gasteiger partial charge in [-0.3, -0.25) is 34.7 Å². The number of oxime groups is 1. The molecular formula is C25H21F3N6O8S3. The molecule has 1 saturated heterocycles. The van der Waals surface area contributed by atoms with Crippen LogP contribution in [0.4, 0.5) is 24.0 Å². The number of rotatable bonds is 12. The standard InChI is InChI=1S/C25H21F3N6O8S3/c1-3-43-9-13-10-44-21-17(20(36)33(21)18(13)22(37)42-8-12-4-6-14(7-5-12)34(39)40)30-19(35)16(32-41-2)15-11-45-24(29-15)31-23(38)25(26,27)28/h3-7,11,17,21H,1,8-10H2,2H3,(H,30,35)(H,29,31,38)/t17?,21-/m0/s1. The van der Waals surface area contributed by atoms with E-state index in [1.165, 1.54) is 58.1 Å². The number of carbonyl (C=O) groups excluding carboxylic acids is 4. The molecule has 2 aromatic rings. The number of thiazole rings is 1. The number of alkyl halides is 3. The van der Waals surface area contributed by atoms with Gasteiger partial charge in [-0.15, -0.1) is 34.9 Å². The molecule has 1 unspecified atom stereocenters. The zero-order valence-corrected chi connectivity index (χ0v) is 25.3. The Hall–Kier alpha value is -4.43. The van der Waals surface area contributed by atoms with E-state index >= 15 is 0 Å². The highest BCUT2D eigenvalue weighted by atomic mass is 32.2. The predicted molar refractivity (Wildman–Crippen MR) is 158 cm³/mol. The van der Waals surface area contributed by atoms with Crippen LogP contribution in [0.5, 0.6) is 0 Å². The molecule has 0 saturated carbocycles. The fourth-order valence-electron chi connectivity index (χ4n) is 3.99. The van der Waals surface area contributed by atoms with E-state index in [2.05, 4.69) is 26.9 Å². The van der Waals surface area contributed by atoms with E-state index in [0.717, 1.165) is 7.11 Å². The molecule has 4 rings (SSSR count). The van der Waals surface area contributed by atoms with Gasteiger partial charge in [-0.1, -0.05) is 11.7 Å². The summed E-state index contributed by atoms with van der Waals surface area (Å²) in [5, 5.41) is 20.1. The molecule has 0 aliphatic carbocycles. The second-order valence-electron chi connectivity index (χ2n) is 8.90. The van der Waals surface area contributed by atoms with Crippen molar-refractivity contribution in [3.63, 3.8) is 0 Å². The van der Waals surface area contributed by atoms with Gasteiger partial charge in [-0.05, 0) is 28.7 Å². The van der Waals surface area contributed by atoms with Crippen LogP contribution in [0.1, 0.15) is 11.3 Å². The average molecular weight is 687 g/mol. The van der Waals surface area contributed by atoms with Gasteiger partial charge in [0.25, 0.3) is 17.5 Å². The molecule has 1 aromatic heterocycles. The summed E-state index contributed by atoms with van der Waals surface area (Å²) in [6.45, 7) is 3.42. The lowest BCUT2D eigenvalue weighted by atomic mass is 10.0. The molecule has 14 nitrogen and oxygen atoms in total. The molecule has 20 heteroatoms. The average Bonchev–Trinajstić information content (AvgIpc) is 3.47. The number of thioether (sulfide) groups is 2. The molecule has 45 heavy (non-hydrogen) atoms. The first kappa shape index (κ1) is 33.5. The smallest absolute Gasteiger partial charge is 0.456 e. The summed E-state index contributed by atoms with van der Waals surface area (Å²) in [6, 6.07) is 4.27. The fraction of sp³-hybridized carbons (Fsp3) is 0.280. The highest BCUT2D eigenvalue weighted by Gasteiger charge is 2.54. The van der Waals surface area contributed by atoms with E-state index in [0.29, 0.717) is 34.0 Å². The number of benzene rings is 1. The van der Waals surface area contributed by atoms with Crippen LogP contribution in [0.15, 0.2) is 58.1 Å². The Morgan fingerprint density at radius 1 is 1.31 bits per heavy atom. The molecule has 2 N–H and O–H groups in total. The van der Waals surface area contributed by atoms with Crippen molar-refractivity contribution in [2.75, 3.05) is 23.9 Å². The minimum atomic E-state index is -5.16. The number of nitro groups is 1. The first-order valence-corrected chi connectivity index (χ1v) is 15.4. The SMILES string of the molecule is C=CSCC1=C(C(=O)OCc2ccc([N+](=O)[O-])cc2)N2C(=O)C(NC(=O)C(=NOC)c3csc(NC(=O)C(F)(F)F)n3)[C@@H]2SC1. The maximum absolute atomic E-state index is 13.3. The predicted octanol–water partition coefficient (Wildman–Crippen LogP) is 3.18. The normalized spacial score (nSPS) is 18.0. The number of carbonyl (C=O) groups is 4. The number of anilines is 1. The van der Waals surface area contributed by atoms with Crippen LogP contribution in [0.3, 0.4) is 0 Å². The molecule has 3 amide bonds. The number of nitro benzene ring substituents is 1. The molecule has 0 spiro atoms. The number of fused-ring (bicyclic) bond motifs is 1. The first-order chi connectivity index (χ1) is 21.3. The van der Waals surface area contributed by atoms with Gasteiger partial charge in [-0.25, -0.2) is 9.78 Å². The third-order valence-electron chi connectivity index (χ3n) is 6.04. The number of non-ortho nitro benzene ring substituents is 1. The zero-order chi connectivity index (χ0) is 32.9. The minimum Gasteiger partial charge on any atom is -0.456 e. The maximum atomic E-state index is 13.3. The van der Waals surface area contributed by atoms with Crippen LogP contribution in [-0.2, 0) is 35.4 Å². The van der Waals surface area contributed by atoms with Crippen molar-refractivity contribution < 1.29 is 46.8 Å². The van der Waals surface area contributed by atoms with Crippen molar-refractivity contribution in [1.29, 1.82) is 0 Å². The Labute approximate surface area is 264 Å². The van der Waals surface area contributed by atoms with Gasteiger partial charge in [0.05, 0.1) is 4.92 Å². The van der Waals surface area contributed by atoms with Crippen molar-refractivity contribution in [1.82, 2.24) is 15.2 Å². The lowest BCUT2D eigenvalue weighted by Gasteiger charge is -2.49. The largest absolute Gasteiger partial charge is 0.471 e. The highest BCUT2D eigenvalue weighted by molar-refractivity contribution is 8.02. The van der Waals surface area contributed by atoms with E-state index in [-0.39, 0.29) is 23.7 Å². The number of nitrogens with zero attached hydrogens (tertiary/aromatic N) is 4. The number of aromatic nitrogens is 1. The molecule has 238 valence electrons. The van der Waals surface area contributed by atoms with Crippen LogP contribution < -0.4 is 10.6 Å². The summed E-state index contributed by atoms with van der Waals surface area (Å²) < 4.78 is 43.2. The number of hydrogen-bond acceptors (Lipinski definition) is 13. The number of halogens is 3. The van der Waals surface area contributed by atoms with Crippen molar-refractivity contribution in [3.8, 4) is 0 Å². The third-order valence-corrected chi connectivity index (χ3v) is 8.89. The number of hydrogen-bond donors (Lipinski definition) is 2. The Kier molecular flexibility index (Phi) is 10.5. The third kappa shape index (κ3) is 7.63. The Morgan fingerprint density at radius 3 is 2.64 bits per heavy atom. The minimum absolute atomic E-state index is 0.000780. The van der Waals surface area contributed by atoms with Crippen molar-refractivity contribution in [2.45, 2.75) is 24.2 Å². The van der Waals surface area contributed by atoms with E-state index < -0.39 is 57.0 Å². The van der Waals surface area contributed by atoms with Gasteiger partial charge >= 0.3 is 18.1 Å². The lowest BCUT2D eigenvalue weighted by Crippen LogP contribution is -2.71. The van der Waals surface area contributed by atoms with Gasteiger partial charge in [0.2, 0.25) is 0 Å². The summed E-state index contributed by atoms with van der Waals surface area (Å²) in [5.41, 5.74) is 0.230. The summed E-state index contributed by atoms with van der Waals surface area (Å²) in [4.78, 5) is 70.9. The van der Waals surface area contributed by atoms with E-state index in [1.54, 1.807) is 10.7 Å². The van der Waals surface area contributed by atoms with Crippen LogP contribution in [0.2, 0.25) is 0 Å². The second-order valence-corrected chi connectivity index (χ2v) is 11.8. The van der Waals surface area contributed by atoms with Crippen molar-refractivity contribution in [2.24, 2.45) is 5.16 Å². The lowest BCUT2D eigenvalue weighted by molar-refractivity contribution is -0.384.